The maximum Gasteiger partial charge on any atom is 0.331 e. The van der Waals surface area contributed by atoms with E-state index in [9.17, 15) is 4.79 Å². The number of hydrogen-bond donors (Lipinski definition) is 0. The summed E-state index contributed by atoms with van der Waals surface area (Å²) in [4.78, 5) is 22.8. The molecule has 1 aliphatic rings. The summed E-state index contributed by atoms with van der Waals surface area (Å²) in [5.41, 5.74) is 3.05. The number of nitrogens with zero attached hydrogens (tertiary/aromatic N) is 3. The largest absolute Gasteiger partial charge is 0.331 e. The average Bonchev–Trinajstić information content (AvgIpc) is 2.73. The SMILES string of the molecule is CSc1ccccc1N1C(=O)N(C(C)c2ccccc2)Cc2cccnc21. The fourth-order valence-corrected chi connectivity index (χ4v) is 4.05. The van der Waals surface area contributed by atoms with Crippen LogP contribution in [0, 0.1) is 0 Å². The Morgan fingerprint density at radius 2 is 1.74 bits per heavy atom. The lowest BCUT2D eigenvalue weighted by Crippen LogP contribution is -2.46. The van der Waals surface area contributed by atoms with Gasteiger partial charge in [-0.2, -0.15) is 0 Å². The fourth-order valence-electron chi connectivity index (χ4n) is 3.47. The Bertz CT molecular complexity index is 961. The molecule has 27 heavy (non-hydrogen) atoms. The summed E-state index contributed by atoms with van der Waals surface area (Å²) in [5, 5.41) is 0. The van der Waals surface area contributed by atoms with Crippen LogP contribution in [0.2, 0.25) is 0 Å². The van der Waals surface area contributed by atoms with Gasteiger partial charge >= 0.3 is 6.03 Å². The van der Waals surface area contributed by atoms with Crippen molar-refractivity contribution >= 4 is 29.3 Å². The molecule has 2 aromatic carbocycles. The molecule has 136 valence electrons. The molecule has 1 aliphatic heterocycles. The highest BCUT2D eigenvalue weighted by Crippen LogP contribution is 2.40. The topological polar surface area (TPSA) is 36.4 Å². The van der Waals surface area contributed by atoms with E-state index in [1.807, 2.05) is 65.8 Å². The van der Waals surface area contributed by atoms with Crippen LogP contribution in [0.3, 0.4) is 0 Å². The minimum atomic E-state index is -0.0425. The number of pyridine rings is 1. The molecule has 0 saturated heterocycles. The van der Waals surface area contributed by atoms with Crippen LogP contribution in [0.1, 0.15) is 24.1 Å². The predicted molar refractivity (Wildman–Crippen MR) is 110 cm³/mol. The molecule has 5 heteroatoms. The first-order valence-electron chi connectivity index (χ1n) is 8.93. The van der Waals surface area contributed by atoms with Crippen LogP contribution in [0.15, 0.2) is 77.8 Å². The van der Waals surface area contributed by atoms with E-state index in [2.05, 4.69) is 24.0 Å². The van der Waals surface area contributed by atoms with E-state index in [4.69, 9.17) is 0 Å². The summed E-state index contributed by atoms with van der Waals surface area (Å²) >= 11 is 1.63. The van der Waals surface area contributed by atoms with E-state index in [0.717, 1.165) is 27.5 Å². The van der Waals surface area contributed by atoms with E-state index >= 15 is 0 Å². The number of thioether (sulfide) groups is 1. The molecule has 3 aromatic rings. The zero-order valence-corrected chi connectivity index (χ0v) is 16.2. The highest BCUT2D eigenvalue weighted by molar-refractivity contribution is 7.98. The van der Waals surface area contributed by atoms with Gasteiger partial charge in [0, 0.05) is 16.7 Å². The van der Waals surface area contributed by atoms with Gasteiger partial charge in [-0.15, -0.1) is 11.8 Å². The molecule has 0 radical (unpaired) electrons. The van der Waals surface area contributed by atoms with Crippen LogP contribution in [-0.2, 0) is 6.54 Å². The van der Waals surface area contributed by atoms with E-state index in [-0.39, 0.29) is 12.1 Å². The second-order valence-corrected chi connectivity index (χ2v) is 7.34. The van der Waals surface area contributed by atoms with Gasteiger partial charge in [0.05, 0.1) is 18.3 Å². The van der Waals surface area contributed by atoms with E-state index in [0.29, 0.717) is 6.54 Å². The lowest BCUT2D eigenvalue weighted by Gasteiger charge is -2.39. The predicted octanol–water partition coefficient (Wildman–Crippen LogP) is 5.64. The van der Waals surface area contributed by atoms with Crippen molar-refractivity contribution in [3.63, 3.8) is 0 Å². The molecule has 2 heterocycles. The number of para-hydroxylation sites is 1. The van der Waals surface area contributed by atoms with Gasteiger partial charge in [-0.25, -0.2) is 14.7 Å². The van der Waals surface area contributed by atoms with Gasteiger partial charge in [-0.05, 0) is 36.9 Å². The molecular weight excluding hydrogens is 354 g/mol. The van der Waals surface area contributed by atoms with E-state index in [1.54, 1.807) is 22.9 Å². The van der Waals surface area contributed by atoms with Crippen molar-refractivity contribution in [2.45, 2.75) is 24.4 Å². The standard InChI is InChI=1S/C22H21N3OS/c1-16(17-9-4-3-5-10-17)24-15-18-11-8-14-23-21(18)25(22(24)26)19-12-6-7-13-20(19)27-2/h3-14,16H,15H2,1-2H3. The summed E-state index contributed by atoms with van der Waals surface area (Å²) in [6.45, 7) is 2.63. The van der Waals surface area contributed by atoms with E-state index < -0.39 is 0 Å². The number of carbonyl (C=O) groups excluding carboxylic acids is 1. The number of fused-ring (bicyclic) bond motifs is 1. The molecule has 0 spiro atoms. The molecule has 0 aliphatic carbocycles. The molecule has 2 amide bonds. The van der Waals surface area contributed by atoms with Gasteiger partial charge in [0.15, 0.2) is 0 Å². The van der Waals surface area contributed by atoms with Crippen molar-refractivity contribution in [3.8, 4) is 0 Å². The van der Waals surface area contributed by atoms with Crippen molar-refractivity contribution in [1.82, 2.24) is 9.88 Å². The Morgan fingerprint density at radius 3 is 2.52 bits per heavy atom. The number of benzene rings is 2. The summed E-state index contributed by atoms with van der Waals surface area (Å²) in [6, 6.07) is 22.0. The third kappa shape index (κ3) is 3.19. The van der Waals surface area contributed by atoms with Crippen molar-refractivity contribution in [1.29, 1.82) is 0 Å². The number of carbonyl (C=O) groups is 1. The molecule has 0 N–H and O–H groups in total. The highest BCUT2D eigenvalue weighted by Gasteiger charge is 2.36. The number of rotatable bonds is 4. The summed E-state index contributed by atoms with van der Waals surface area (Å²) in [7, 11) is 0. The van der Waals surface area contributed by atoms with Gasteiger partial charge in [0.2, 0.25) is 0 Å². The molecule has 1 atom stereocenters. The van der Waals surface area contributed by atoms with Gasteiger partial charge in [-0.1, -0.05) is 48.5 Å². The van der Waals surface area contributed by atoms with Crippen LogP contribution < -0.4 is 4.90 Å². The maximum absolute atomic E-state index is 13.6. The van der Waals surface area contributed by atoms with Crippen molar-refractivity contribution in [2.75, 3.05) is 11.2 Å². The van der Waals surface area contributed by atoms with Crippen LogP contribution in [-0.4, -0.2) is 22.2 Å². The number of aromatic nitrogens is 1. The van der Waals surface area contributed by atoms with Crippen LogP contribution in [0.4, 0.5) is 16.3 Å². The second-order valence-electron chi connectivity index (χ2n) is 6.49. The highest BCUT2D eigenvalue weighted by atomic mass is 32.2. The van der Waals surface area contributed by atoms with Gasteiger partial charge in [0.1, 0.15) is 5.82 Å². The zero-order valence-electron chi connectivity index (χ0n) is 15.4. The van der Waals surface area contributed by atoms with Gasteiger partial charge in [0.25, 0.3) is 0 Å². The van der Waals surface area contributed by atoms with Crippen molar-refractivity contribution in [3.05, 3.63) is 84.1 Å². The first kappa shape index (κ1) is 17.6. The van der Waals surface area contributed by atoms with E-state index in [1.165, 1.54) is 0 Å². The monoisotopic (exact) mass is 375 g/mol. The molecule has 0 fully saturated rings. The molecule has 0 bridgehead atoms. The first-order valence-corrected chi connectivity index (χ1v) is 10.2. The zero-order chi connectivity index (χ0) is 18.8. The third-order valence-electron chi connectivity index (χ3n) is 4.93. The fraction of sp³-hybridized carbons (Fsp3) is 0.182. The normalized spacial score (nSPS) is 14.8. The number of anilines is 2. The summed E-state index contributed by atoms with van der Waals surface area (Å²) in [5.74, 6) is 0.723. The Kier molecular flexibility index (Phi) is 4.86. The second kappa shape index (κ2) is 7.45. The minimum Gasteiger partial charge on any atom is -0.313 e. The van der Waals surface area contributed by atoms with Gasteiger partial charge < -0.3 is 4.90 Å². The van der Waals surface area contributed by atoms with Crippen LogP contribution in [0.5, 0.6) is 0 Å². The third-order valence-corrected chi connectivity index (χ3v) is 5.72. The lowest BCUT2D eigenvalue weighted by atomic mass is 10.0. The van der Waals surface area contributed by atoms with Crippen molar-refractivity contribution < 1.29 is 4.79 Å². The molecule has 0 saturated carbocycles. The quantitative estimate of drug-likeness (QED) is 0.554. The molecular formula is C22H21N3OS. The number of amides is 2. The smallest absolute Gasteiger partial charge is 0.313 e. The Labute approximate surface area is 163 Å². The average molecular weight is 375 g/mol. The number of urea groups is 1. The Hall–Kier alpha value is -2.79. The molecule has 1 unspecified atom stereocenters. The molecule has 4 rings (SSSR count). The van der Waals surface area contributed by atoms with Crippen molar-refractivity contribution in [2.24, 2.45) is 0 Å². The Balaban J connectivity index is 1.82. The van der Waals surface area contributed by atoms with Gasteiger partial charge in [-0.3, -0.25) is 0 Å². The summed E-state index contributed by atoms with van der Waals surface area (Å²) < 4.78 is 0. The molecule has 4 nitrogen and oxygen atoms in total. The van der Waals surface area contributed by atoms with Crippen LogP contribution in [0.25, 0.3) is 0 Å². The Morgan fingerprint density at radius 1 is 1.00 bits per heavy atom. The summed E-state index contributed by atoms with van der Waals surface area (Å²) in [6.07, 6.45) is 3.77. The maximum atomic E-state index is 13.6. The minimum absolute atomic E-state index is 0.0315. The first-order chi connectivity index (χ1) is 13.2. The number of hydrogen-bond acceptors (Lipinski definition) is 3. The van der Waals surface area contributed by atoms with Crippen LogP contribution >= 0.6 is 11.8 Å². The molecule has 1 aromatic heterocycles. The lowest BCUT2D eigenvalue weighted by molar-refractivity contribution is 0.180.